The topological polar surface area (TPSA) is 175 Å². The predicted molar refractivity (Wildman–Crippen MR) is 246 cm³/mol. The summed E-state index contributed by atoms with van der Waals surface area (Å²) in [6, 6.07) is -0.854. The quantitative estimate of drug-likeness (QED) is 0.0198. The minimum absolute atomic E-state index is 0.0610. The van der Waals surface area contributed by atoms with Gasteiger partial charge >= 0.3 is 5.97 Å². The number of ether oxygens (including phenoxy) is 3. The summed E-state index contributed by atoms with van der Waals surface area (Å²) in [5.74, 6) is -0.290. The predicted octanol–water partition coefficient (Wildman–Crippen LogP) is 9.38. The Morgan fingerprint density at radius 2 is 1.10 bits per heavy atom. The first-order valence-corrected chi connectivity index (χ1v) is 24.4. The number of aliphatic hydroxyl groups is 5. The summed E-state index contributed by atoms with van der Waals surface area (Å²) in [7, 11) is 0. The number of hydrogen-bond acceptors (Lipinski definition) is 10. The molecule has 0 saturated carbocycles. The van der Waals surface area contributed by atoms with Crippen LogP contribution >= 0.6 is 0 Å². The summed E-state index contributed by atoms with van der Waals surface area (Å²) in [6.07, 6.45) is 37.6. The first kappa shape index (κ1) is 56.6. The van der Waals surface area contributed by atoms with Crippen LogP contribution in [0, 0.1) is 0 Å². The van der Waals surface area contributed by atoms with Crippen LogP contribution in [0.1, 0.15) is 194 Å². The Morgan fingerprint density at radius 1 is 0.590 bits per heavy atom. The lowest BCUT2D eigenvalue weighted by Crippen LogP contribution is -2.60. The fraction of sp³-hybridized carbons (Fsp3) is 0.800. The second-order valence-corrected chi connectivity index (χ2v) is 16.8. The molecule has 1 rings (SSSR count). The normalized spacial score (nSPS) is 20.7. The van der Waals surface area contributed by atoms with Crippen LogP contribution in [0.2, 0.25) is 0 Å². The molecule has 354 valence electrons. The fourth-order valence-electron chi connectivity index (χ4n) is 7.17. The number of hydrogen-bond donors (Lipinski definition) is 6. The van der Waals surface area contributed by atoms with Crippen molar-refractivity contribution in [3.63, 3.8) is 0 Å². The van der Waals surface area contributed by atoms with Crippen LogP contribution in [-0.4, -0.2) is 100 Å². The van der Waals surface area contributed by atoms with Crippen LogP contribution in [0.15, 0.2) is 48.6 Å². The lowest BCUT2D eigenvalue weighted by Gasteiger charge is -2.40. The van der Waals surface area contributed by atoms with Gasteiger partial charge in [0.05, 0.1) is 32.0 Å². The first-order valence-electron chi connectivity index (χ1n) is 24.4. The number of carbonyl (C=O) groups excluding carboxylic acids is 2. The third kappa shape index (κ3) is 31.2. The molecule has 0 aromatic heterocycles. The molecule has 7 atom stereocenters. The highest BCUT2D eigenvalue weighted by molar-refractivity contribution is 5.76. The van der Waals surface area contributed by atoms with E-state index < -0.39 is 49.5 Å². The minimum atomic E-state index is -1.59. The third-order valence-electron chi connectivity index (χ3n) is 11.1. The van der Waals surface area contributed by atoms with Crippen molar-refractivity contribution in [3.8, 4) is 0 Å². The van der Waals surface area contributed by atoms with Gasteiger partial charge in [0.1, 0.15) is 24.4 Å². The second kappa shape index (κ2) is 40.4. The molecule has 0 bridgehead atoms. The van der Waals surface area contributed by atoms with Gasteiger partial charge in [0.2, 0.25) is 5.91 Å². The molecular weight excluding hydrogens is 775 g/mol. The Morgan fingerprint density at radius 3 is 1.69 bits per heavy atom. The Kier molecular flexibility index (Phi) is 37.5. The lowest BCUT2D eigenvalue weighted by atomic mass is 9.99. The molecule has 1 fully saturated rings. The van der Waals surface area contributed by atoms with E-state index in [-0.39, 0.29) is 18.5 Å². The summed E-state index contributed by atoms with van der Waals surface area (Å²) in [4.78, 5) is 25.0. The SMILES string of the molecule is CCC/C=C/CC/C=C/CC/C=C/C(O)C(COC1OC(CO)C(O)C(O)C1O)NC(=O)CCCCCCC/C=C\CCCCOC(=O)CCCCCCCCCCCCC. The largest absolute Gasteiger partial charge is 0.466 e. The molecule has 11 heteroatoms. The van der Waals surface area contributed by atoms with Crippen molar-refractivity contribution >= 4 is 11.9 Å². The van der Waals surface area contributed by atoms with Gasteiger partial charge in [-0.15, -0.1) is 0 Å². The van der Waals surface area contributed by atoms with Crippen molar-refractivity contribution in [2.75, 3.05) is 19.8 Å². The van der Waals surface area contributed by atoms with E-state index in [1.165, 1.54) is 57.8 Å². The number of amides is 1. The molecule has 0 radical (unpaired) electrons. The summed E-state index contributed by atoms with van der Waals surface area (Å²) in [5, 5.41) is 54.0. The van der Waals surface area contributed by atoms with Crippen molar-refractivity contribution in [1.82, 2.24) is 5.32 Å². The minimum Gasteiger partial charge on any atom is -0.466 e. The zero-order valence-corrected chi connectivity index (χ0v) is 38.4. The molecule has 0 aromatic rings. The molecular formula is C50H89NO10. The lowest BCUT2D eigenvalue weighted by molar-refractivity contribution is -0.302. The van der Waals surface area contributed by atoms with Gasteiger partial charge in [0.25, 0.3) is 0 Å². The van der Waals surface area contributed by atoms with E-state index >= 15 is 0 Å². The van der Waals surface area contributed by atoms with E-state index in [2.05, 4.69) is 55.6 Å². The zero-order valence-electron chi connectivity index (χ0n) is 38.4. The second-order valence-electron chi connectivity index (χ2n) is 16.8. The molecule has 1 saturated heterocycles. The number of rotatable bonds is 40. The Labute approximate surface area is 370 Å². The van der Waals surface area contributed by atoms with Crippen LogP contribution in [0.4, 0.5) is 0 Å². The molecule has 6 N–H and O–H groups in total. The summed E-state index contributed by atoms with van der Waals surface area (Å²) in [6.45, 7) is 4.11. The Hall–Kier alpha value is -2.38. The molecule has 1 aliphatic rings. The van der Waals surface area contributed by atoms with Gasteiger partial charge in [-0.3, -0.25) is 9.59 Å². The molecule has 1 aliphatic heterocycles. The van der Waals surface area contributed by atoms with Crippen molar-refractivity contribution in [1.29, 1.82) is 0 Å². The molecule has 1 heterocycles. The number of aliphatic hydroxyl groups excluding tert-OH is 5. The van der Waals surface area contributed by atoms with E-state index in [1.807, 2.05) is 6.08 Å². The zero-order chi connectivity index (χ0) is 44.6. The average Bonchev–Trinajstić information content (AvgIpc) is 3.25. The van der Waals surface area contributed by atoms with Crippen LogP contribution in [0.3, 0.4) is 0 Å². The molecule has 11 nitrogen and oxygen atoms in total. The van der Waals surface area contributed by atoms with Gasteiger partial charge < -0.3 is 45.1 Å². The number of carbonyl (C=O) groups is 2. The van der Waals surface area contributed by atoms with Crippen LogP contribution < -0.4 is 5.32 Å². The van der Waals surface area contributed by atoms with Crippen molar-refractivity contribution < 1.29 is 49.3 Å². The van der Waals surface area contributed by atoms with Crippen molar-refractivity contribution in [2.24, 2.45) is 0 Å². The molecule has 7 unspecified atom stereocenters. The van der Waals surface area contributed by atoms with Gasteiger partial charge in [0.15, 0.2) is 6.29 Å². The fourth-order valence-corrected chi connectivity index (χ4v) is 7.17. The van der Waals surface area contributed by atoms with Crippen molar-refractivity contribution in [2.45, 2.75) is 236 Å². The molecule has 0 spiro atoms. The van der Waals surface area contributed by atoms with Gasteiger partial charge in [-0.25, -0.2) is 0 Å². The molecule has 0 aliphatic carbocycles. The number of nitrogens with one attached hydrogen (secondary N) is 1. The van der Waals surface area contributed by atoms with E-state index in [4.69, 9.17) is 14.2 Å². The maximum absolute atomic E-state index is 12.9. The van der Waals surface area contributed by atoms with Crippen LogP contribution in [0.5, 0.6) is 0 Å². The highest BCUT2D eigenvalue weighted by Crippen LogP contribution is 2.22. The number of allylic oxidation sites excluding steroid dienone is 7. The summed E-state index contributed by atoms with van der Waals surface area (Å²) >= 11 is 0. The van der Waals surface area contributed by atoms with Crippen LogP contribution in [-0.2, 0) is 23.8 Å². The Balaban J connectivity index is 2.26. The molecule has 61 heavy (non-hydrogen) atoms. The van der Waals surface area contributed by atoms with Crippen molar-refractivity contribution in [3.05, 3.63) is 48.6 Å². The van der Waals surface area contributed by atoms with Crippen LogP contribution in [0.25, 0.3) is 0 Å². The maximum Gasteiger partial charge on any atom is 0.305 e. The van der Waals surface area contributed by atoms with Gasteiger partial charge in [0, 0.05) is 12.8 Å². The van der Waals surface area contributed by atoms with Gasteiger partial charge in [-0.1, -0.05) is 152 Å². The van der Waals surface area contributed by atoms with Gasteiger partial charge in [-0.2, -0.15) is 0 Å². The summed E-state index contributed by atoms with van der Waals surface area (Å²) < 4.78 is 16.6. The van der Waals surface area contributed by atoms with E-state index in [0.717, 1.165) is 96.3 Å². The smallest absolute Gasteiger partial charge is 0.305 e. The van der Waals surface area contributed by atoms with Gasteiger partial charge in [-0.05, 0) is 77.0 Å². The van der Waals surface area contributed by atoms with E-state index in [9.17, 15) is 35.1 Å². The molecule has 0 aromatic carbocycles. The average molecular weight is 864 g/mol. The molecule has 1 amide bonds. The standard InChI is InChI=1S/C50H89NO10/c1-3-5-7-9-11-13-16-20-24-28-32-36-43(53)42(41-60-50-49(58)48(57)47(56)44(40-52)61-50)51-45(54)37-33-29-25-21-18-15-19-23-27-31-35-39-59-46(55)38-34-30-26-22-17-14-12-10-8-6-4-2/h7,9,16,19-20,23,32,36,42-44,47-50,52-53,56-58H,3-6,8,10-15,17-18,21-22,24-31,33-35,37-41H2,1-2H3,(H,51,54)/b9-7+,20-16+,23-19-,36-32+. The highest BCUT2D eigenvalue weighted by atomic mass is 16.7. The number of esters is 1. The van der Waals surface area contributed by atoms with E-state index in [1.54, 1.807) is 6.08 Å². The van der Waals surface area contributed by atoms with E-state index in [0.29, 0.717) is 32.3 Å². The Bertz CT molecular complexity index is 1160. The summed E-state index contributed by atoms with van der Waals surface area (Å²) in [5.41, 5.74) is 0. The maximum atomic E-state index is 12.9. The third-order valence-corrected chi connectivity index (χ3v) is 11.1. The monoisotopic (exact) mass is 864 g/mol. The highest BCUT2D eigenvalue weighted by Gasteiger charge is 2.44. The first-order chi connectivity index (χ1) is 29.7. The number of unbranched alkanes of at least 4 members (excludes halogenated alkanes) is 20.